The summed E-state index contributed by atoms with van der Waals surface area (Å²) in [5, 5.41) is 13.9. The van der Waals surface area contributed by atoms with Crippen LogP contribution in [0.25, 0.3) is 39.3 Å². The third kappa shape index (κ3) is 3.24. The zero-order chi connectivity index (χ0) is 23.1. The highest BCUT2D eigenvalue weighted by molar-refractivity contribution is 5.99. The second-order valence-electron chi connectivity index (χ2n) is 7.20. The minimum Gasteiger partial charge on any atom is -0.494 e. The van der Waals surface area contributed by atoms with E-state index in [9.17, 15) is 14.7 Å². The molecule has 2 N–H and O–H groups in total. The molecule has 5 rings (SSSR count). The van der Waals surface area contributed by atoms with Gasteiger partial charge in [0.25, 0.3) is 5.56 Å². The lowest BCUT2D eigenvalue weighted by atomic mass is 10.1. The Morgan fingerprint density at radius 1 is 1.12 bits per heavy atom. The number of carbonyl (C=O) groups is 1. The van der Waals surface area contributed by atoms with Crippen LogP contribution in [0, 0.1) is 0 Å². The van der Waals surface area contributed by atoms with Gasteiger partial charge < -0.3 is 24.0 Å². The number of ether oxygens (including phenoxy) is 2. The highest BCUT2D eigenvalue weighted by atomic mass is 16.5. The Morgan fingerprint density at radius 2 is 1.91 bits per heavy atom. The van der Waals surface area contributed by atoms with E-state index in [1.165, 1.54) is 14.2 Å². The maximum absolute atomic E-state index is 13.6. The number of benzene rings is 2. The minimum absolute atomic E-state index is 0.0265. The number of rotatable bonds is 6. The van der Waals surface area contributed by atoms with Gasteiger partial charge in [0, 0.05) is 7.11 Å². The van der Waals surface area contributed by atoms with E-state index in [0.717, 1.165) is 4.52 Å². The average molecular weight is 446 g/mol. The predicted octanol–water partition coefficient (Wildman–Crippen LogP) is 3.35. The van der Waals surface area contributed by atoms with E-state index in [-0.39, 0.29) is 29.4 Å². The topological polar surface area (TPSA) is 132 Å². The quantitative estimate of drug-likeness (QED) is 0.406. The molecule has 5 aromatic rings. The lowest BCUT2D eigenvalue weighted by molar-refractivity contribution is 0.0691. The first kappa shape index (κ1) is 20.5. The third-order valence-electron chi connectivity index (χ3n) is 5.23. The number of carboxylic acids is 1. The van der Waals surface area contributed by atoms with Crippen LogP contribution in [0.1, 0.15) is 16.2 Å². The smallest absolute Gasteiger partial charge is 0.357 e. The van der Waals surface area contributed by atoms with E-state index in [2.05, 4.69) is 15.1 Å². The van der Waals surface area contributed by atoms with Crippen LogP contribution in [0.4, 0.5) is 0 Å². The second kappa shape index (κ2) is 7.92. The summed E-state index contributed by atoms with van der Waals surface area (Å²) >= 11 is 0. The fourth-order valence-corrected chi connectivity index (χ4v) is 3.82. The number of para-hydroxylation sites is 1. The SMILES string of the molecule is COCc1[nH]c2c(-c3ccccc3)c(C(=O)O)nn2c(=O)c1-c1nc2c(OC)cccc2o1. The van der Waals surface area contributed by atoms with Crippen LogP contribution < -0.4 is 10.3 Å². The number of oxazole rings is 1. The number of carboxylic acid groups (broad SMARTS) is 1. The minimum atomic E-state index is -1.26. The number of aromatic amines is 1. The van der Waals surface area contributed by atoms with Crippen LogP contribution in [0.2, 0.25) is 0 Å². The van der Waals surface area contributed by atoms with Crippen molar-refractivity contribution < 1.29 is 23.8 Å². The Hall–Kier alpha value is -4.44. The Kier molecular flexibility index (Phi) is 4.91. The molecule has 10 heteroatoms. The van der Waals surface area contributed by atoms with Gasteiger partial charge in [-0.25, -0.2) is 9.78 Å². The predicted molar refractivity (Wildman–Crippen MR) is 118 cm³/mol. The summed E-state index contributed by atoms with van der Waals surface area (Å²) < 4.78 is 17.5. The lowest BCUT2D eigenvalue weighted by Gasteiger charge is -2.08. The number of nitrogens with zero attached hydrogens (tertiary/aromatic N) is 3. The molecule has 0 bridgehead atoms. The first-order chi connectivity index (χ1) is 16.0. The van der Waals surface area contributed by atoms with Crippen LogP contribution in [0.5, 0.6) is 5.75 Å². The highest BCUT2D eigenvalue weighted by Gasteiger charge is 2.27. The highest BCUT2D eigenvalue weighted by Crippen LogP contribution is 2.32. The van der Waals surface area contributed by atoms with Gasteiger partial charge in [0.05, 0.1) is 25.0 Å². The van der Waals surface area contributed by atoms with Gasteiger partial charge in [-0.15, -0.1) is 0 Å². The molecular weight excluding hydrogens is 428 g/mol. The number of hydrogen-bond acceptors (Lipinski definition) is 7. The van der Waals surface area contributed by atoms with Crippen LogP contribution in [-0.2, 0) is 11.3 Å². The van der Waals surface area contributed by atoms with Gasteiger partial charge in [-0.2, -0.15) is 9.61 Å². The summed E-state index contributed by atoms with van der Waals surface area (Å²) in [5.41, 5.74) is 1.62. The van der Waals surface area contributed by atoms with Gasteiger partial charge in [-0.3, -0.25) is 4.79 Å². The second-order valence-corrected chi connectivity index (χ2v) is 7.20. The molecule has 0 saturated carbocycles. The van der Waals surface area contributed by atoms with E-state index < -0.39 is 11.5 Å². The number of aromatic nitrogens is 4. The summed E-state index contributed by atoms with van der Waals surface area (Å²) in [5.74, 6) is -0.725. The van der Waals surface area contributed by atoms with Gasteiger partial charge in [0.15, 0.2) is 16.8 Å². The number of methoxy groups -OCH3 is 2. The average Bonchev–Trinajstić information content (AvgIpc) is 3.42. The van der Waals surface area contributed by atoms with Crippen molar-refractivity contribution in [3.63, 3.8) is 0 Å². The molecule has 0 unspecified atom stereocenters. The van der Waals surface area contributed by atoms with Gasteiger partial charge >= 0.3 is 5.97 Å². The number of H-pyrrole nitrogens is 1. The fraction of sp³-hybridized carbons (Fsp3) is 0.130. The van der Waals surface area contributed by atoms with E-state index in [1.54, 1.807) is 42.5 Å². The molecule has 0 aliphatic carbocycles. The standard InChI is InChI=1S/C23H18N4O6/c1-31-11-13-17(21-25-18-14(32-2)9-6-10-15(18)33-21)22(28)27-20(24-13)16(19(26-27)23(29)30)12-7-4-3-5-8-12/h3-10,24H,11H2,1-2H3,(H,29,30). The largest absolute Gasteiger partial charge is 0.494 e. The number of hydrogen-bond donors (Lipinski definition) is 2. The van der Waals surface area contributed by atoms with Crippen molar-refractivity contribution >= 4 is 22.7 Å². The normalized spacial score (nSPS) is 11.3. The van der Waals surface area contributed by atoms with Gasteiger partial charge in [-0.05, 0) is 17.7 Å². The number of fused-ring (bicyclic) bond motifs is 2. The monoisotopic (exact) mass is 446 g/mol. The molecule has 2 aromatic carbocycles. The molecule has 166 valence electrons. The van der Waals surface area contributed by atoms with Crippen LogP contribution in [0.15, 0.2) is 57.7 Å². The Morgan fingerprint density at radius 3 is 2.61 bits per heavy atom. The molecule has 10 nitrogen and oxygen atoms in total. The molecule has 3 aromatic heterocycles. The van der Waals surface area contributed by atoms with Gasteiger partial charge in [-0.1, -0.05) is 36.4 Å². The van der Waals surface area contributed by atoms with Crippen molar-refractivity contribution in [1.29, 1.82) is 0 Å². The van der Waals surface area contributed by atoms with Crippen molar-refractivity contribution in [2.75, 3.05) is 14.2 Å². The first-order valence-electron chi connectivity index (χ1n) is 9.93. The van der Waals surface area contributed by atoms with E-state index in [0.29, 0.717) is 33.7 Å². The molecule has 0 radical (unpaired) electrons. The summed E-state index contributed by atoms with van der Waals surface area (Å²) in [4.78, 5) is 33.1. The van der Waals surface area contributed by atoms with E-state index in [1.807, 2.05) is 6.07 Å². The zero-order valence-electron chi connectivity index (χ0n) is 17.7. The number of nitrogens with one attached hydrogen (secondary N) is 1. The summed E-state index contributed by atoms with van der Waals surface area (Å²) in [6.07, 6.45) is 0. The lowest BCUT2D eigenvalue weighted by Crippen LogP contribution is -2.21. The molecule has 0 fully saturated rings. The molecule has 0 spiro atoms. The van der Waals surface area contributed by atoms with Gasteiger partial charge in [0.1, 0.15) is 17.0 Å². The molecule has 33 heavy (non-hydrogen) atoms. The molecular formula is C23H18N4O6. The molecule has 0 aliphatic heterocycles. The van der Waals surface area contributed by atoms with Crippen molar-refractivity contribution in [1.82, 2.24) is 19.6 Å². The zero-order valence-corrected chi connectivity index (χ0v) is 17.7. The van der Waals surface area contributed by atoms with Crippen LogP contribution in [-0.4, -0.2) is 44.9 Å². The van der Waals surface area contributed by atoms with Crippen molar-refractivity contribution in [3.8, 4) is 28.3 Å². The van der Waals surface area contributed by atoms with E-state index in [4.69, 9.17) is 13.9 Å². The summed E-state index contributed by atoms with van der Waals surface area (Å²) in [7, 11) is 3.00. The fourth-order valence-electron chi connectivity index (χ4n) is 3.82. The molecule has 0 aliphatic rings. The van der Waals surface area contributed by atoms with Crippen molar-refractivity contribution in [2.24, 2.45) is 0 Å². The van der Waals surface area contributed by atoms with Crippen molar-refractivity contribution in [2.45, 2.75) is 6.61 Å². The third-order valence-corrected chi connectivity index (χ3v) is 5.23. The Bertz CT molecular complexity index is 1570. The molecule has 0 amide bonds. The molecule has 3 heterocycles. The van der Waals surface area contributed by atoms with Gasteiger partial charge in [0.2, 0.25) is 5.89 Å². The Balaban J connectivity index is 1.85. The van der Waals surface area contributed by atoms with Crippen LogP contribution in [0.3, 0.4) is 0 Å². The molecule has 0 atom stereocenters. The molecule has 0 saturated heterocycles. The number of aromatic carboxylic acids is 1. The maximum atomic E-state index is 13.6. The van der Waals surface area contributed by atoms with E-state index >= 15 is 0 Å². The first-order valence-corrected chi connectivity index (χ1v) is 9.93. The van der Waals surface area contributed by atoms with Crippen LogP contribution >= 0.6 is 0 Å². The Labute approximate surface area is 186 Å². The summed E-state index contributed by atoms with van der Waals surface area (Å²) in [6.45, 7) is 0.0265. The maximum Gasteiger partial charge on any atom is 0.357 e. The summed E-state index contributed by atoms with van der Waals surface area (Å²) in [6, 6.07) is 14.1. The van der Waals surface area contributed by atoms with Crippen molar-refractivity contribution in [3.05, 3.63) is 70.3 Å².